The zero-order chi connectivity index (χ0) is 15.8. The van der Waals surface area contributed by atoms with Crippen molar-refractivity contribution in [3.8, 4) is 0 Å². The van der Waals surface area contributed by atoms with E-state index in [9.17, 15) is 4.79 Å². The average Bonchev–Trinajstić information content (AvgIpc) is 2.49. The van der Waals surface area contributed by atoms with Gasteiger partial charge in [0.25, 0.3) is 0 Å². The molecule has 0 atom stereocenters. The minimum absolute atomic E-state index is 0.0235. The van der Waals surface area contributed by atoms with Crippen LogP contribution in [-0.2, 0) is 4.79 Å². The summed E-state index contributed by atoms with van der Waals surface area (Å²) in [5.41, 5.74) is 0. The summed E-state index contributed by atoms with van der Waals surface area (Å²) in [6.07, 6.45) is 1.03. The van der Waals surface area contributed by atoms with Crippen LogP contribution in [0.1, 0.15) is 45.9 Å². The third kappa shape index (κ3) is 5.21. The molecule has 1 heterocycles. The van der Waals surface area contributed by atoms with Gasteiger partial charge >= 0.3 is 0 Å². The fraction of sp³-hybridized carbons (Fsp3) is 0.667. The molecule has 0 radical (unpaired) electrons. The van der Waals surface area contributed by atoms with E-state index in [1.54, 1.807) is 7.05 Å². The molecule has 0 fully saturated rings. The first-order valence-electron chi connectivity index (χ1n) is 7.60. The summed E-state index contributed by atoms with van der Waals surface area (Å²) in [5.74, 6) is 2.62. The second kappa shape index (κ2) is 8.44. The van der Waals surface area contributed by atoms with Crippen molar-refractivity contribution in [2.24, 2.45) is 0 Å². The predicted molar refractivity (Wildman–Crippen MR) is 86.9 cm³/mol. The third-order valence-corrected chi connectivity index (χ3v) is 3.12. The van der Waals surface area contributed by atoms with Crippen LogP contribution in [0.3, 0.4) is 0 Å². The van der Waals surface area contributed by atoms with Crippen LogP contribution in [-0.4, -0.2) is 42.6 Å². The second-order valence-corrected chi connectivity index (χ2v) is 5.24. The molecule has 0 aliphatic heterocycles. The number of nitrogens with one attached hydrogen (secondary N) is 2. The zero-order valence-electron chi connectivity index (χ0n) is 13.7. The van der Waals surface area contributed by atoms with Crippen LogP contribution in [0.5, 0.6) is 0 Å². The Labute approximate surface area is 127 Å². The Hall–Kier alpha value is -1.85. The maximum absolute atomic E-state index is 11.6. The summed E-state index contributed by atoms with van der Waals surface area (Å²) in [6.45, 7) is 10.1. The van der Waals surface area contributed by atoms with E-state index in [0.29, 0.717) is 6.54 Å². The molecule has 0 bridgehead atoms. The summed E-state index contributed by atoms with van der Waals surface area (Å²) >= 11 is 0. The molecule has 0 aliphatic carbocycles. The molecule has 1 rings (SSSR count). The smallest absolute Gasteiger partial charge is 0.239 e. The van der Waals surface area contributed by atoms with E-state index in [4.69, 9.17) is 0 Å². The molecule has 118 valence electrons. The van der Waals surface area contributed by atoms with Gasteiger partial charge in [-0.05, 0) is 13.3 Å². The highest BCUT2D eigenvalue weighted by Crippen LogP contribution is 2.20. The van der Waals surface area contributed by atoms with Gasteiger partial charge in [-0.3, -0.25) is 4.79 Å². The molecular formula is C15H27N5O. The Morgan fingerprint density at radius 1 is 1.33 bits per heavy atom. The molecule has 0 aromatic carbocycles. The minimum atomic E-state index is -0.0235. The number of nitrogens with zero attached hydrogens (tertiary/aromatic N) is 3. The van der Waals surface area contributed by atoms with Gasteiger partial charge in [-0.1, -0.05) is 20.8 Å². The zero-order valence-corrected chi connectivity index (χ0v) is 13.7. The van der Waals surface area contributed by atoms with Gasteiger partial charge < -0.3 is 15.5 Å². The number of hydrogen-bond acceptors (Lipinski definition) is 5. The lowest BCUT2D eigenvalue weighted by Crippen LogP contribution is -2.36. The summed E-state index contributed by atoms with van der Waals surface area (Å²) in [4.78, 5) is 22.7. The monoisotopic (exact) mass is 293 g/mol. The Bertz CT molecular complexity index is 461. The van der Waals surface area contributed by atoms with Gasteiger partial charge in [0.2, 0.25) is 5.91 Å². The van der Waals surface area contributed by atoms with Gasteiger partial charge in [-0.2, -0.15) is 0 Å². The van der Waals surface area contributed by atoms with Crippen LogP contribution in [0, 0.1) is 0 Å². The number of amides is 1. The first-order chi connectivity index (χ1) is 10.0. The molecule has 1 aromatic heterocycles. The predicted octanol–water partition coefficient (Wildman–Crippen LogP) is 1.99. The van der Waals surface area contributed by atoms with Crippen molar-refractivity contribution in [2.45, 2.75) is 40.0 Å². The maximum atomic E-state index is 11.6. The lowest BCUT2D eigenvalue weighted by Gasteiger charge is -2.22. The van der Waals surface area contributed by atoms with E-state index in [0.717, 1.165) is 37.0 Å². The lowest BCUT2D eigenvalue weighted by molar-refractivity contribution is -0.119. The molecule has 0 saturated carbocycles. The van der Waals surface area contributed by atoms with E-state index < -0.39 is 0 Å². The van der Waals surface area contributed by atoms with Crippen LogP contribution < -0.4 is 15.5 Å². The molecule has 0 spiro atoms. The van der Waals surface area contributed by atoms with Gasteiger partial charge in [0.1, 0.15) is 17.5 Å². The Kier molecular flexibility index (Phi) is 6.91. The summed E-state index contributed by atoms with van der Waals surface area (Å²) in [6, 6.07) is 1.91. The molecule has 0 unspecified atom stereocenters. The minimum Gasteiger partial charge on any atom is -0.370 e. The van der Waals surface area contributed by atoms with Crippen molar-refractivity contribution in [3.05, 3.63) is 11.9 Å². The highest BCUT2D eigenvalue weighted by Gasteiger charge is 2.14. The topological polar surface area (TPSA) is 70.2 Å². The first kappa shape index (κ1) is 17.2. The van der Waals surface area contributed by atoms with Crippen molar-refractivity contribution in [1.82, 2.24) is 15.3 Å². The SMILES string of the molecule is CCCNc1cc(N(CC)CC(=O)NC)nc(C(C)C)n1. The van der Waals surface area contributed by atoms with Crippen LogP contribution in [0.4, 0.5) is 11.6 Å². The Morgan fingerprint density at radius 2 is 2.05 bits per heavy atom. The average molecular weight is 293 g/mol. The number of carbonyl (C=O) groups excluding carboxylic acids is 1. The number of carbonyl (C=O) groups is 1. The van der Waals surface area contributed by atoms with Crippen molar-refractivity contribution in [2.75, 3.05) is 36.9 Å². The molecule has 0 saturated heterocycles. The highest BCUT2D eigenvalue weighted by molar-refractivity contribution is 5.80. The normalized spacial score (nSPS) is 10.6. The summed E-state index contributed by atoms with van der Waals surface area (Å²) in [7, 11) is 1.64. The van der Waals surface area contributed by atoms with Gasteiger partial charge in [-0.15, -0.1) is 0 Å². The highest BCUT2D eigenvalue weighted by atomic mass is 16.1. The van der Waals surface area contributed by atoms with Gasteiger partial charge in [-0.25, -0.2) is 9.97 Å². The first-order valence-corrected chi connectivity index (χ1v) is 7.60. The summed E-state index contributed by atoms with van der Waals surface area (Å²) < 4.78 is 0. The fourth-order valence-corrected chi connectivity index (χ4v) is 1.82. The van der Waals surface area contributed by atoms with Crippen LogP contribution in [0.25, 0.3) is 0 Å². The van der Waals surface area contributed by atoms with Crippen molar-refractivity contribution < 1.29 is 4.79 Å². The van der Waals surface area contributed by atoms with Gasteiger partial charge in [0.05, 0.1) is 6.54 Å². The second-order valence-electron chi connectivity index (χ2n) is 5.24. The Morgan fingerprint density at radius 3 is 2.57 bits per heavy atom. The van der Waals surface area contributed by atoms with Crippen LogP contribution in [0.2, 0.25) is 0 Å². The molecule has 1 aromatic rings. The van der Waals surface area contributed by atoms with Crippen molar-refractivity contribution in [3.63, 3.8) is 0 Å². The van der Waals surface area contributed by atoms with Crippen LogP contribution in [0.15, 0.2) is 6.07 Å². The van der Waals surface area contributed by atoms with E-state index in [2.05, 4.69) is 41.4 Å². The molecule has 21 heavy (non-hydrogen) atoms. The molecule has 6 heteroatoms. The van der Waals surface area contributed by atoms with E-state index in [1.165, 1.54) is 0 Å². The number of anilines is 2. The molecule has 2 N–H and O–H groups in total. The van der Waals surface area contributed by atoms with Crippen molar-refractivity contribution in [1.29, 1.82) is 0 Å². The number of rotatable bonds is 8. The lowest BCUT2D eigenvalue weighted by atomic mass is 10.2. The van der Waals surface area contributed by atoms with E-state index >= 15 is 0 Å². The Balaban J connectivity index is 3.06. The number of aromatic nitrogens is 2. The standard InChI is InChI=1S/C15H27N5O/c1-6-8-17-12-9-13(19-15(18-12)11(3)4)20(7-2)10-14(21)16-5/h9,11H,6-8,10H2,1-5H3,(H,16,21)(H,17,18,19). The van der Waals surface area contributed by atoms with E-state index in [-0.39, 0.29) is 11.8 Å². The number of hydrogen-bond donors (Lipinski definition) is 2. The third-order valence-electron chi connectivity index (χ3n) is 3.12. The van der Waals surface area contributed by atoms with Gasteiger partial charge in [0.15, 0.2) is 0 Å². The van der Waals surface area contributed by atoms with Crippen molar-refractivity contribution >= 4 is 17.5 Å². The quantitative estimate of drug-likeness (QED) is 0.767. The molecule has 1 amide bonds. The maximum Gasteiger partial charge on any atom is 0.239 e. The van der Waals surface area contributed by atoms with E-state index in [1.807, 2.05) is 17.9 Å². The largest absolute Gasteiger partial charge is 0.370 e. The molecular weight excluding hydrogens is 266 g/mol. The summed E-state index contributed by atoms with van der Waals surface area (Å²) in [5, 5.41) is 5.94. The fourth-order valence-electron chi connectivity index (χ4n) is 1.82. The van der Waals surface area contributed by atoms with Gasteiger partial charge in [0, 0.05) is 32.1 Å². The number of likely N-dealkylation sites (N-methyl/N-ethyl adjacent to an activating group) is 2. The molecule has 0 aliphatic rings. The van der Waals surface area contributed by atoms with Crippen LogP contribution >= 0.6 is 0 Å². The molecule has 6 nitrogen and oxygen atoms in total.